The molecule has 0 unspecified atom stereocenters. The van der Waals surface area contributed by atoms with Crippen LogP contribution in [0.25, 0.3) is 0 Å². The Morgan fingerprint density at radius 1 is 0.808 bits per heavy atom. The van der Waals surface area contributed by atoms with E-state index in [0.717, 1.165) is 18.2 Å². The van der Waals surface area contributed by atoms with Crippen LogP contribution in [0, 0.1) is 17.5 Å². The van der Waals surface area contributed by atoms with Crippen molar-refractivity contribution in [2.24, 2.45) is 0 Å². The summed E-state index contributed by atoms with van der Waals surface area (Å²) in [6, 6.07) is 6.86. The first-order valence-corrected chi connectivity index (χ1v) is 8.65. The van der Waals surface area contributed by atoms with Crippen molar-refractivity contribution in [1.82, 2.24) is 9.80 Å². The van der Waals surface area contributed by atoms with E-state index in [1.54, 1.807) is 0 Å². The minimum Gasteiger partial charge on any atom is -0.335 e. The van der Waals surface area contributed by atoms with Crippen LogP contribution in [-0.2, 0) is 0 Å². The summed E-state index contributed by atoms with van der Waals surface area (Å²) in [6.45, 7) is 1.02. The second kappa shape index (κ2) is 7.49. The average molecular weight is 427 g/mol. The summed E-state index contributed by atoms with van der Waals surface area (Å²) in [5.74, 6) is -3.37. The van der Waals surface area contributed by atoms with E-state index in [0.29, 0.717) is 4.47 Å². The first-order valence-electron chi connectivity index (χ1n) is 7.85. The molecule has 2 aromatic carbocycles. The number of benzene rings is 2. The molecule has 0 aromatic heterocycles. The second-order valence-electron chi connectivity index (χ2n) is 5.84. The maximum Gasteiger partial charge on any atom is 0.255 e. The summed E-state index contributed by atoms with van der Waals surface area (Å²) in [6.07, 6.45) is 0. The molecule has 0 saturated carbocycles. The summed E-state index contributed by atoms with van der Waals surface area (Å²) in [7, 11) is 0. The van der Waals surface area contributed by atoms with Gasteiger partial charge in [-0.1, -0.05) is 0 Å². The molecule has 3 rings (SSSR count). The Kier molecular flexibility index (Phi) is 5.31. The standard InChI is InChI=1S/C18H14BrF3N2O2/c19-14-3-2-12(20)10-13(14)18(26)24-7-5-23(6-8-24)17(25)11-1-4-15(21)16(22)9-11/h1-4,9-10H,5-8H2. The van der Waals surface area contributed by atoms with Gasteiger partial charge in [0.2, 0.25) is 0 Å². The van der Waals surface area contributed by atoms with Crippen LogP contribution < -0.4 is 0 Å². The Hall–Kier alpha value is -2.35. The Balaban J connectivity index is 1.67. The van der Waals surface area contributed by atoms with Gasteiger partial charge >= 0.3 is 0 Å². The largest absolute Gasteiger partial charge is 0.335 e. The number of amides is 2. The third kappa shape index (κ3) is 3.75. The summed E-state index contributed by atoms with van der Waals surface area (Å²) in [4.78, 5) is 27.9. The van der Waals surface area contributed by atoms with E-state index >= 15 is 0 Å². The molecular formula is C18H14BrF3N2O2. The van der Waals surface area contributed by atoms with Gasteiger partial charge in [0.15, 0.2) is 11.6 Å². The lowest BCUT2D eigenvalue weighted by Gasteiger charge is -2.35. The number of carbonyl (C=O) groups is 2. The van der Waals surface area contributed by atoms with Crippen molar-refractivity contribution in [3.63, 3.8) is 0 Å². The highest BCUT2D eigenvalue weighted by Crippen LogP contribution is 2.21. The van der Waals surface area contributed by atoms with Crippen LogP contribution in [-0.4, -0.2) is 47.8 Å². The fourth-order valence-electron chi connectivity index (χ4n) is 2.76. The molecule has 1 aliphatic heterocycles. The Morgan fingerprint density at radius 3 is 2.04 bits per heavy atom. The molecule has 0 aliphatic carbocycles. The zero-order chi connectivity index (χ0) is 18.8. The highest BCUT2D eigenvalue weighted by molar-refractivity contribution is 9.10. The van der Waals surface area contributed by atoms with Crippen molar-refractivity contribution in [1.29, 1.82) is 0 Å². The topological polar surface area (TPSA) is 40.6 Å². The highest BCUT2D eigenvalue weighted by atomic mass is 79.9. The molecular weight excluding hydrogens is 413 g/mol. The summed E-state index contributed by atoms with van der Waals surface area (Å²) >= 11 is 3.23. The van der Waals surface area contributed by atoms with Gasteiger partial charge in [0, 0.05) is 36.2 Å². The van der Waals surface area contributed by atoms with Gasteiger partial charge in [-0.05, 0) is 52.3 Å². The van der Waals surface area contributed by atoms with E-state index in [9.17, 15) is 22.8 Å². The molecule has 1 aliphatic rings. The molecule has 4 nitrogen and oxygen atoms in total. The molecule has 1 saturated heterocycles. The third-order valence-corrected chi connectivity index (χ3v) is 4.87. The molecule has 0 bridgehead atoms. The number of rotatable bonds is 2. The van der Waals surface area contributed by atoms with E-state index in [1.165, 1.54) is 28.0 Å². The van der Waals surface area contributed by atoms with E-state index in [-0.39, 0.29) is 43.2 Å². The second-order valence-corrected chi connectivity index (χ2v) is 6.69. The van der Waals surface area contributed by atoms with E-state index in [4.69, 9.17) is 0 Å². The number of nitrogens with zero attached hydrogens (tertiary/aromatic N) is 2. The van der Waals surface area contributed by atoms with Crippen molar-refractivity contribution in [2.75, 3.05) is 26.2 Å². The van der Waals surface area contributed by atoms with Crippen LogP contribution in [0.3, 0.4) is 0 Å². The predicted molar refractivity (Wildman–Crippen MR) is 92.3 cm³/mol. The first kappa shape index (κ1) is 18.4. The molecule has 2 aromatic rings. The molecule has 0 N–H and O–H groups in total. The van der Waals surface area contributed by atoms with Gasteiger partial charge in [-0.2, -0.15) is 0 Å². The highest BCUT2D eigenvalue weighted by Gasteiger charge is 2.27. The van der Waals surface area contributed by atoms with Gasteiger partial charge in [0.1, 0.15) is 5.82 Å². The van der Waals surface area contributed by atoms with E-state index in [1.807, 2.05) is 0 Å². The number of piperazine rings is 1. The zero-order valence-electron chi connectivity index (χ0n) is 13.5. The molecule has 26 heavy (non-hydrogen) atoms. The van der Waals surface area contributed by atoms with E-state index in [2.05, 4.69) is 15.9 Å². The van der Waals surface area contributed by atoms with E-state index < -0.39 is 23.4 Å². The van der Waals surface area contributed by atoms with Crippen molar-refractivity contribution < 1.29 is 22.8 Å². The SMILES string of the molecule is O=C(c1ccc(F)c(F)c1)N1CCN(C(=O)c2cc(F)ccc2Br)CC1. The molecule has 0 spiro atoms. The molecule has 2 amide bonds. The van der Waals surface area contributed by atoms with Crippen LogP contribution in [0.2, 0.25) is 0 Å². The molecule has 1 heterocycles. The normalized spacial score (nSPS) is 14.5. The van der Waals surface area contributed by atoms with Gasteiger partial charge in [-0.25, -0.2) is 13.2 Å². The Morgan fingerprint density at radius 2 is 1.42 bits per heavy atom. The van der Waals surface area contributed by atoms with Crippen molar-refractivity contribution >= 4 is 27.7 Å². The lowest BCUT2D eigenvalue weighted by Crippen LogP contribution is -2.50. The summed E-state index contributed by atoms with van der Waals surface area (Å²) in [5.41, 5.74) is 0.266. The summed E-state index contributed by atoms with van der Waals surface area (Å²) < 4.78 is 40.2. The lowest BCUT2D eigenvalue weighted by atomic mass is 10.1. The number of carbonyl (C=O) groups excluding carboxylic acids is 2. The molecule has 8 heteroatoms. The number of hydrogen-bond acceptors (Lipinski definition) is 2. The van der Waals surface area contributed by atoms with Crippen LogP contribution in [0.15, 0.2) is 40.9 Å². The number of hydrogen-bond donors (Lipinski definition) is 0. The minimum atomic E-state index is -1.08. The maximum atomic E-state index is 13.4. The van der Waals surface area contributed by atoms with Crippen LogP contribution >= 0.6 is 15.9 Å². The van der Waals surface area contributed by atoms with Crippen LogP contribution in [0.4, 0.5) is 13.2 Å². The van der Waals surface area contributed by atoms with Crippen molar-refractivity contribution in [2.45, 2.75) is 0 Å². The van der Waals surface area contributed by atoms with Gasteiger partial charge in [-0.3, -0.25) is 9.59 Å². The fourth-order valence-corrected chi connectivity index (χ4v) is 3.17. The third-order valence-electron chi connectivity index (χ3n) is 4.18. The Bertz CT molecular complexity index is 868. The smallest absolute Gasteiger partial charge is 0.255 e. The molecule has 136 valence electrons. The fraction of sp³-hybridized carbons (Fsp3) is 0.222. The first-order chi connectivity index (χ1) is 12.4. The lowest BCUT2D eigenvalue weighted by molar-refractivity contribution is 0.0534. The summed E-state index contributed by atoms with van der Waals surface area (Å²) in [5, 5.41) is 0. The number of halogens is 4. The van der Waals surface area contributed by atoms with Gasteiger partial charge in [0.25, 0.3) is 11.8 Å². The van der Waals surface area contributed by atoms with Crippen molar-refractivity contribution in [3.05, 3.63) is 69.4 Å². The molecule has 0 atom stereocenters. The average Bonchev–Trinajstić information content (AvgIpc) is 2.65. The van der Waals surface area contributed by atoms with Crippen LogP contribution in [0.5, 0.6) is 0 Å². The molecule has 1 fully saturated rings. The molecule has 0 radical (unpaired) electrons. The monoisotopic (exact) mass is 426 g/mol. The maximum absolute atomic E-state index is 13.4. The quantitative estimate of drug-likeness (QED) is 0.737. The minimum absolute atomic E-state index is 0.0524. The Labute approximate surface area is 156 Å². The van der Waals surface area contributed by atoms with Gasteiger partial charge in [-0.15, -0.1) is 0 Å². The van der Waals surface area contributed by atoms with Crippen molar-refractivity contribution in [3.8, 4) is 0 Å². The van der Waals surface area contributed by atoms with Crippen LogP contribution in [0.1, 0.15) is 20.7 Å². The van der Waals surface area contributed by atoms with Gasteiger partial charge in [0.05, 0.1) is 5.56 Å². The zero-order valence-corrected chi connectivity index (χ0v) is 15.1. The predicted octanol–water partition coefficient (Wildman–Crippen LogP) is 3.46. The van der Waals surface area contributed by atoms with Gasteiger partial charge < -0.3 is 9.80 Å².